The third-order valence-electron chi connectivity index (χ3n) is 6.35. The molecule has 4 nitrogen and oxygen atoms in total. The summed E-state index contributed by atoms with van der Waals surface area (Å²) in [6, 6.07) is 15.9. The van der Waals surface area contributed by atoms with Gasteiger partial charge in [0, 0.05) is 11.0 Å². The minimum atomic E-state index is -0.977. The van der Waals surface area contributed by atoms with Crippen molar-refractivity contribution >= 4 is 45.4 Å². The summed E-state index contributed by atoms with van der Waals surface area (Å²) in [4.78, 5) is 12.2. The van der Waals surface area contributed by atoms with Crippen LogP contribution in [0.15, 0.2) is 60.0 Å². The fourth-order valence-corrected chi connectivity index (χ4v) is 5.18. The summed E-state index contributed by atoms with van der Waals surface area (Å²) in [6.07, 6.45) is 6.19. The number of carboxylic acids is 1. The van der Waals surface area contributed by atoms with Crippen LogP contribution < -0.4 is 0 Å². The molecule has 1 saturated carbocycles. The van der Waals surface area contributed by atoms with Crippen molar-refractivity contribution in [1.82, 2.24) is 10.2 Å². The van der Waals surface area contributed by atoms with E-state index in [2.05, 4.69) is 28.6 Å². The lowest BCUT2D eigenvalue weighted by Gasteiger charge is -2.31. The maximum atomic E-state index is 14.4. The first kappa shape index (κ1) is 21.3. The number of carbonyl (C=O) groups is 1. The molecule has 2 N–H and O–H groups in total. The molecule has 0 unspecified atom stereocenters. The monoisotopic (exact) mass is 458 g/mol. The molecule has 1 fully saturated rings. The number of rotatable bonds is 6. The molecule has 0 spiro atoms. The van der Waals surface area contributed by atoms with Gasteiger partial charge in [0.05, 0.1) is 10.9 Å². The number of carboxylic acid groups (broad SMARTS) is 1. The molecule has 0 amide bonds. The molecule has 2 heterocycles. The zero-order chi connectivity index (χ0) is 22.9. The first-order valence-corrected chi connectivity index (χ1v) is 11.8. The molecule has 0 aliphatic heterocycles. The number of H-pyrrole nitrogens is 1. The van der Waals surface area contributed by atoms with Crippen LogP contribution in [0.1, 0.15) is 46.4 Å². The number of aromatic amines is 1. The molecule has 2 aromatic heterocycles. The van der Waals surface area contributed by atoms with Gasteiger partial charge in [0.2, 0.25) is 5.95 Å². The van der Waals surface area contributed by atoms with Crippen LogP contribution in [0.5, 0.6) is 0 Å². The van der Waals surface area contributed by atoms with Gasteiger partial charge in [-0.3, -0.25) is 5.10 Å². The molecule has 1 aliphatic rings. The van der Waals surface area contributed by atoms with E-state index in [0.717, 1.165) is 41.2 Å². The van der Waals surface area contributed by atoms with E-state index in [0.29, 0.717) is 16.8 Å². The highest BCUT2D eigenvalue weighted by atomic mass is 32.1. The minimum Gasteiger partial charge on any atom is -0.478 e. The number of aromatic nitrogens is 2. The maximum Gasteiger partial charge on any atom is 0.328 e. The number of hydrogen-bond acceptors (Lipinski definition) is 3. The van der Waals surface area contributed by atoms with Gasteiger partial charge in [0.25, 0.3) is 0 Å². The van der Waals surface area contributed by atoms with Crippen molar-refractivity contribution in [3.63, 3.8) is 0 Å². The van der Waals surface area contributed by atoms with Gasteiger partial charge in [-0.2, -0.15) is 4.39 Å². The lowest BCUT2D eigenvalue weighted by atomic mass is 9.73. The molecule has 4 aromatic rings. The Bertz CT molecular complexity index is 1390. The molecule has 33 heavy (non-hydrogen) atoms. The molecule has 1 aliphatic carbocycles. The molecular weight excluding hydrogens is 435 g/mol. The standard InChI is InChI=1S/C27H23FN2O2S/c1-16-21(13-14-33-16)26(18-3-2-4-18)25(19-8-5-17(6-9-19)7-12-24(31)32)20-10-11-23-22(15-20)27(28)30-29-23/h5-15,18H,2-4H2,1H3,(H,29,30)(H,31,32)/b12-7+,26-25+. The maximum absolute atomic E-state index is 14.4. The van der Waals surface area contributed by atoms with E-state index in [1.807, 2.05) is 42.5 Å². The van der Waals surface area contributed by atoms with Crippen LogP contribution in [-0.4, -0.2) is 21.3 Å². The van der Waals surface area contributed by atoms with Gasteiger partial charge >= 0.3 is 5.97 Å². The second kappa shape index (κ2) is 8.79. The van der Waals surface area contributed by atoms with Gasteiger partial charge in [-0.25, -0.2) is 4.79 Å². The highest BCUT2D eigenvalue weighted by molar-refractivity contribution is 7.10. The predicted molar refractivity (Wildman–Crippen MR) is 131 cm³/mol. The summed E-state index contributed by atoms with van der Waals surface area (Å²) in [5.74, 6) is -1.03. The van der Waals surface area contributed by atoms with Crippen molar-refractivity contribution in [3.8, 4) is 0 Å². The second-order valence-corrected chi connectivity index (χ2v) is 9.50. The van der Waals surface area contributed by atoms with Gasteiger partial charge in [-0.15, -0.1) is 16.4 Å². The van der Waals surface area contributed by atoms with E-state index in [9.17, 15) is 9.18 Å². The van der Waals surface area contributed by atoms with Crippen molar-refractivity contribution in [2.45, 2.75) is 26.2 Å². The Labute approximate surface area is 195 Å². The fourth-order valence-electron chi connectivity index (χ4n) is 4.46. The van der Waals surface area contributed by atoms with Gasteiger partial charge in [0.15, 0.2) is 0 Å². The van der Waals surface area contributed by atoms with Crippen molar-refractivity contribution in [1.29, 1.82) is 0 Å². The number of benzene rings is 2. The van der Waals surface area contributed by atoms with Crippen molar-refractivity contribution < 1.29 is 14.3 Å². The topological polar surface area (TPSA) is 66.0 Å². The molecule has 0 bridgehead atoms. The molecule has 5 rings (SSSR count). The smallest absolute Gasteiger partial charge is 0.328 e. The van der Waals surface area contributed by atoms with E-state index >= 15 is 0 Å². The van der Waals surface area contributed by atoms with Crippen LogP contribution in [0, 0.1) is 18.8 Å². The number of fused-ring (bicyclic) bond motifs is 1. The molecule has 2 aromatic carbocycles. The summed E-state index contributed by atoms with van der Waals surface area (Å²) < 4.78 is 14.4. The minimum absolute atomic E-state index is 0.449. The highest BCUT2D eigenvalue weighted by Gasteiger charge is 2.28. The Morgan fingerprint density at radius 1 is 1.15 bits per heavy atom. The number of nitrogens with zero attached hydrogens (tertiary/aromatic N) is 1. The molecule has 0 atom stereocenters. The Morgan fingerprint density at radius 2 is 1.91 bits per heavy atom. The van der Waals surface area contributed by atoms with E-state index in [-0.39, 0.29) is 0 Å². The predicted octanol–water partition coefficient (Wildman–Crippen LogP) is 6.93. The van der Waals surface area contributed by atoms with Gasteiger partial charge < -0.3 is 5.11 Å². The number of thiophene rings is 1. The van der Waals surface area contributed by atoms with Crippen LogP contribution >= 0.6 is 11.3 Å². The summed E-state index contributed by atoms with van der Waals surface area (Å²) in [5.41, 5.74) is 7.11. The molecule has 166 valence electrons. The number of nitrogens with one attached hydrogen (secondary N) is 1. The van der Waals surface area contributed by atoms with Crippen molar-refractivity contribution in [2.24, 2.45) is 5.92 Å². The first-order chi connectivity index (χ1) is 16.0. The Hall–Kier alpha value is -3.51. The molecular formula is C27H23FN2O2S. The van der Waals surface area contributed by atoms with Crippen LogP contribution in [-0.2, 0) is 4.79 Å². The zero-order valence-corrected chi connectivity index (χ0v) is 19.0. The van der Waals surface area contributed by atoms with Crippen LogP contribution in [0.25, 0.3) is 28.1 Å². The lowest BCUT2D eigenvalue weighted by molar-refractivity contribution is -0.131. The van der Waals surface area contributed by atoms with Crippen LogP contribution in [0.3, 0.4) is 0 Å². The average molecular weight is 459 g/mol. The van der Waals surface area contributed by atoms with E-state index in [4.69, 9.17) is 5.11 Å². The highest BCUT2D eigenvalue weighted by Crippen LogP contribution is 2.46. The van der Waals surface area contributed by atoms with E-state index < -0.39 is 11.9 Å². The summed E-state index contributed by atoms with van der Waals surface area (Å²) in [7, 11) is 0. The number of allylic oxidation sites excluding steroid dienone is 1. The summed E-state index contributed by atoms with van der Waals surface area (Å²) in [5, 5.41) is 18.0. The van der Waals surface area contributed by atoms with Crippen LogP contribution in [0.2, 0.25) is 0 Å². The summed E-state index contributed by atoms with van der Waals surface area (Å²) >= 11 is 1.74. The Kier molecular flexibility index (Phi) is 5.68. The SMILES string of the molecule is Cc1sccc1/C(=C(\c1ccc(/C=C/C(=O)O)cc1)c1ccc2[nH]nc(F)c2c1)C1CCC1. The number of hydrogen-bond donors (Lipinski definition) is 2. The van der Waals surface area contributed by atoms with Crippen molar-refractivity contribution in [3.05, 3.63) is 93.1 Å². The van der Waals surface area contributed by atoms with Gasteiger partial charge in [-0.05, 0) is 88.7 Å². The molecule has 6 heteroatoms. The zero-order valence-electron chi connectivity index (χ0n) is 18.1. The Balaban J connectivity index is 1.74. The largest absolute Gasteiger partial charge is 0.478 e. The van der Waals surface area contributed by atoms with Crippen LogP contribution in [0.4, 0.5) is 4.39 Å². The fraction of sp³-hybridized carbons (Fsp3) is 0.185. The number of halogens is 1. The van der Waals surface area contributed by atoms with Gasteiger partial charge in [-0.1, -0.05) is 36.8 Å². The number of aryl methyl sites for hydroxylation is 1. The van der Waals surface area contributed by atoms with Gasteiger partial charge in [0.1, 0.15) is 0 Å². The second-order valence-electron chi connectivity index (χ2n) is 8.38. The Morgan fingerprint density at radius 3 is 2.55 bits per heavy atom. The summed E-state index contributed by atoms with van der Waals surface area (Å²) in [6.45, 7) is 2.15. The molecule has 0 saturated heterocycles. The van der Waals surface area contributed by atoms with E-state index in [1.165, 1.54) is 22.4 Å². The normalized spacial score (nSPS) is 15.1. The molecule has 0 radical (unpaired) electrons. The lowest BCUT2D eigenvalue weighted by Crippen LogP contribution is -2.15. The van der Waals surface area contributed by atoms with E-state index in [1.54, 1.807) is 17.4 Å². The third kappa shape index (κ3) is 4.14. The van der Waals surface area contributed by atoms with Crippen molar-refractivity contribution in [2.75, 3.05) is 0 Å². The quantitative estimate of drug-likeness (QED) is 0.308. The average Bonchev–Trinajstić information content (AvgIpc) is 3.36. The number of aliphatic carboxylic acids is 1. The first-order valence-electron chi connectivity index (χ1n) is 11.0. The third-order valence-corrected chi connectivity index (χ3v) is 7.20.